The van der Waals surface area contributed by atoms with Gasteiger partial charge in [0.25, 0.3) is 0 Å². The normalized spacial score (nSPS) is 11.3. The number of hydrogen-bond donors (Lipinski definition) is 1. The van der Waals surface area contributed by atoms with Crippen LogP contribution >= 0.6 is 22.6 Å². The molecule has 3 aromatic heterocycles. The average Bonchev–Trinajstić information content (AvgIpc) is 2.92. The summed E-state index contributed by atoms with van der Waals surface area (Å²) in [6, 6.07) is 10.2. The van der Waals surface area contributed by atoms with Crippen molar-refractivity contribution in [2.75, 3.05) is 5.73 Å². The first kappa shape index (κ1) is 12.6. The van der Waals surface area contributed by atoms with Gasteiger partial charge in [-0.15, -0.1) is 0 Å². The monoisotopic (exact) mass is 386 g/mol. The Bertz CT molecular complexity index is 975. The Morgan fingerprint density at radius 3 is 2.81 bits per heavy atom. The van der Waals surface area contributed by atoms with Gasteiger partial charge in [0.05, 0.1) is 11.7 Å². The van der Waals surface area contributed by atoms with E-state index < -0.39 is 0 Å². The van der Waals surface area contributed by atoms with Crippen LogP contribution in [0.3, 0.4) is 0 Å². The Balaban J connectivity index is 1.96. The van der Waals surface area contributed by atoms with Crippen molar-refractivity contribution in [1.29, 1.82) is 0 Å². The van der Waals surface area contributed by atoms with Crippen LogP contribution < -0.4 is 5.73 Å². The van der Waals surface area contributed by atoms with Gasteiger partial charge in [-0.1, -0.05) is 0 Å². The molecule has 4 rings (SSSR count). The zero-order valence-corrected chi connectivity index (χ0v) is 13.2. The van der Waals surface area contributed by atoms with Gasteiger partial charge in [-0.2, -0.15) is 0 Å². The highest BCUT2D eigenvalue weighted by Gasteiger charge is 2.06. The maximum absolute atomic E-state index is 5.94. The van der Waals surface area contributed by atoms with E-state index in [1.54, 1.807) is 6.20 Å². The molecule has 4 nitrogen and oxygen atoms in total. The van der Waals surface area contributed by atoms with E-state index in [1.165, 1.54) is 0 Å². The molecule has 0 spiro atoms. The number of aromatic nitrogens is 3. The molecule has 0 fully saturated rings. The van der Waals surface area contributed by atoms with E-state index >= 15 is 0 Å². The number of rotatable bonds is 1. The largest absolute Gasteiger partial charge is 0.398 e. The van der Waals surface area contributed by atoms with Crippen LogP contribution in [0.4, 0.5) is 5.69 Å². The number of nitrogens with two attached hydrogens (primary N) is 1. The molecule has 0 bridgehead atoms. The van der Waals surface area contributed by atoms with Crippen molar-refractivity contribution in [1.82, 2.24) is 14.5 Å². The van der Waals surface area contributed by atoms with Crippen molar-refractivity contribution in [2.24, 2.45) is 0 Å². The number of fused-ring (bicyclic) bond motifs is 2. The molecule has 0 unspecified atom stereocenters. The van der Waals surface area contributed by atoms with Crippen LogP contribution in [0.25, 0.3) is 27.5 Å². The molecule has 2 N–H and O–H groups in total. The third-order valence-electron chi connectivity index (χ3n) is 3.57. The average molecular weight is 386 g/mol. The van der Waals surface area contributed by atoms with Crippen molar-refractivity contribution in [3.8, 4) is 5.82 Å². The van der Waals surface area contributed by atoms with Crippen LogP contribution in [-0.4, -0.2) is 14.5 Å². The lowest BCUT2D eigenvalue weighted by molar-refractivity contribution is 1.05. The Labute approximate surface area is 134 Å². The fourth-order valence-corrected chi connectivity index (χ4v) is 2.97. The summed E-state index contributed by atoms with van der Waals surface area (Å²) in [5, 5.41) is 3.33. The fraction of sp³-hybridized carbons (Fsp3) is 0. The maximum Gasteiger partial charge on any atom is 0.137 e. The molecule has 0 aliphatic carbocycles. The first-order chi connectivity index (χ1) is 10.2. The van der Waals surface area contributed by atoms with Crippen LogP contribution in [0, 0.1) is 3.57 Å². The minimum atomic E-state index is 0.785. The summed E-state index contributed by atoms with van der Waals surface area (Å²) in [5.74, 6) is 0.881. The van der Waals surface area contributed by atoms with Gasteiger partial charge < -0.3 is 5.73 Å². The summed E-state index contributed by atoms with van der Waals surface area (Å²) in [6.07, 6.45) is 7.53. The number of anilines is 1. The molecule has 0 radical (unpaired) electrons. The minimum Gasteiger partial charge on any atom is -0.398 e. The summed E-state index contributed by atoms with van der Waals surface area (Å²) in [7, 11) is 0. The van der Waals surface area contributed by atoms with E-state index in [0.29, 0.717) is 0 Å². The third kappa shape index (κ3) is 2.04. The molecular weight excluding hydrogens is 375 g/mol. The second-order valence-corrected chi connectivity index (χ2v) is 6.05. The summed E-state index contributed by atoms with van der Waals surface area (Å²) in [5.41, 5.74) is 7.78. The van der Waals surface area contributed by atoms with Gasteiger partial charge in [0.2, 0.25) is 0 Å². The van der Waals surface area contributed by atoms with Crippen molar-refractivity contribution in [3.63, 3.8) is 0 Å². The number of halogens is 1. The van der Waals surface area contributed by atoms with E-state index in [2.05, 4.69) is 50.8 Å². The molecule has 3 heterocycles. The van der Waals surface area contributed by atoms with Crippen molar-refractivity contribution < 1.29 is 0 Å². The van der Waals surface area contributed by atoms with Gasteiger partial charge in [0, 0.05) is 38.6 Å². The molecule has 0 aliphatic heterocycles. The number of hydrogen-bond acceptors (Lipinski definition) is 3. The molecule has 0 aliphatic rings. The van der Waals surface area contributed by atoms with Gasteiger partial charge in [-0.3, -0.25) is 9.55 Å². The Hall–Kier alpha value is -2.15. The summed E-state index contributed by atoms with van der Waals surface area (Å²) in [6.45, 7) is 0. The zero-order chi connectivity index (χ0) is 14.4. The molecule has 0 saturated heterocycles. The standard InChI is InChI=1S/C16H11IN4/c17-13-5-11-7-16(20-8-12(11)6-14(13)18)21-4-2-10-1-3-19-9-15(10)21/h1-9H,18H2. The number of nitrogen functional groups attached to an aromatic ring is 1. The van der Waals surface area contributed by atoms with E-state index in [0.717, 1.165) is 36.8 Å². The second kappa shape index (κ2) is 4.70. The summed E-state index contributed by atoms with van der Waals surface area (Å²) in [4.78, 5) is 8.74. The molecule has 0 amide bonds. The highest BCUT2D eigenvalue weighted by Crippen LogP contribution is 2.25. The van der Waals surface area contributed by atoms with Crippen molar-refractivity contribution in [2.45, 2.75) is 0 Å². The van der Waals surface area contributed by atoms with E-state index in [1.807, 2.05) is 35.3 Å². The topological polar surface area (TPSA) is 56.7 Å². The maximum atomic E-state index is 5.94. The Morgan fingerprint density at radius 1 is 1.00 bits per heavy atom. The van der Waals surface area contributed by atoms with Gasteiger partial charge in [0.15, 0.2) is 0 Å². The number of pyridine rings is 2. The molecule has 21 heavy (non-hydrogen) atoms. The smallest absolute Gasteiger partial charge is 0.137 e. The number of benzene rings is 1. The lowest BCUT2D eigenvalue weighted by Gasteiger charge is -2.07. The van der Waals surface area contributed by atoms with Crippen LogP contribution in [0.1, 0.15) is 0 Å². The molecular formula is C16H11IN4. The molecule has 4 aromatic rings. The third-order valence-corrected chi connectivity index (χ3v) is 4.50. The molecule has 102 valence electrons. The van der Waals surface area contributed by atoms with Gasteiger partial charge in [0.1, 0.15) is 5.82 Å². The van der Waals surface area contributed by atoms with Gasteiger partial charge in [-0.05, 0) is 58.3 Å². The summed E-state index contributed by atoms with van der Waals surface area (Å²) < 4.78 is 3.10. The zero-order valence-electron chi connectivity index (χ0n) is 11.0. The lowest BCUT2D eigenvalue weighted by Crippen LogP contribution is -1.96. The van der Waals surface area contributed by atoms with Gasteiger partial charge in [-0.25, -0.2) is 4.98 Å². The Kier molecular flexibility index (Phi) is 2.81. The van der Waals surface area contributed by atoms with Crippen molar-refractivity contribution in [3.05, 3.63) is 58.7 Å². The second-order valence-electron chi connectivity index (χ2n) is 4.88. The molecule has 1 aromatic carbocycles. The van der Waals surface area contributed by atoms with E-state index in [9.17, 15) is 0 Å². The predicted octanol–water partition coefficient (Wildman–Crippen LogP) is 3.76. The van der Waals surface area contributed by atoms with E-state index in [4.69, 9.17) is 5.73 Å². The molecule has 0 saturated carbocycles. The Morgan fingerprint density at radius 2 is 1.90 bits per heavy atom. The van der Waals surface area contributed by atoms with Crippen LogP contribution in [0.2, 0.25) is 0 Å². The lowest BCUT2D eigenvalue weighted by atomic mass is 10.1. The minimum absolute atomic E-state index is 0.785. The SMILES string of the molecule is Nc1cc2cnc(-n3ccc4ccncc43)cc2cc1I. The first-order valence-corrected chi connectivity index (χ1v) is 7.56. The van der Waals surface area contributed by atoms with Gasteiger partial charge >= 0.3 is 0 Å². The van der Waals surface area contributed by atoms with Crippen molar-refractivity contribution >= 4 is 50.0 Å². The van der Waals surface area contributed by atoms with Crippen LogP contribution in [-0.2, 0) is 0 Å². The van der Waals surface area contributed by atoms with Crippen LogP contribution in [0.15, 0.2) is 55.1 Å². The highest BCUT2D eigenvalue weighted by molar-refractivity contribution is 14.1. The van der Waals surface area contributed by atoms with Crippen LogP contribution in [0.5, 0.6) is 0 Å². The van der Waals surface area contributed by atoms with E-state index in [-0.39, 0.29) is 0 Å². The quantitative estimate of drug-likeness (QED) is 0.400. The number of nitrogens with zero attached hydrogens (tertiary/aromatic N) is 3. The highest BCUT2D eigenvalue weighted by atomic mass is 127. The molecule has 5 heteroatoms. The first-order valence-electron chi connectivity index (χ1n) is 6.48. The fourth-order valence-electron chi connectivity index (χ4n) is 2.48. The summed E-state index contributed by atoms with van der Waals surface area (Å²) >= 11 is 2.25. The predicted molar refractivity (Wildman–Crippen MR) is 93.5 cm³/mol. The molecule has 0 atom stereocenters.